The summed E-state index contributed by atoms with van der Waals surface area (Å²) < 4.78 is 5.60. The molecule has 2 saturated heterocycles. The van der Waals surface area contributed by atoms with Crippen LogP contribution in [0, 0.1) is 0 Å². The lowest BCUT2D eigenvalue weighted by molar-refractivity contribution is -0.119. The molecule has 0 aliphatic carbocycles. The molecule has 2 aromatic rings. The molecule has 2 aromatic carbocycles. The second-order valence-electron chi connectivity index (χ2n) is 8.26. The van der Waals surface area contributed by atoms with Gasteiger partial charge in [-0.05, 0) is 61.9 Å². The Morgan fingerprint density at radius 3 is 2.69 bits per heavy atom. The van der Waals surface area contributed by atoms with Crippen molar-refractivity contribution >= 4 is 11.6 Å². The van der Waals surface area contributed by atoms with E-state index in [1.165, 1.54) is 24.0 Å². The fourth-order valence-electron chi connectivity index (χ4n) is 4.84. The smallest absolute Gasteiger partial charge is 0.226 e. The maximum Gasteiger partial charge on any atom is 0.226 e. The highest BCUT2D eigenvalue weighted by molar-refractivity contribution is 5.94. The van der Waals surface area contributed by atoms with Gasteiger partial charge in [0.25, 0.3) is 0 Å². The first kappa shape index (κ1) is 20.0. The van der Waals surface area contributed by atoms with E-state index < -0.39 is 0 Å². The number of amides is 1. The van der Waals surface area contributed by atoms with E-state index in [-0.39, 0.29) is 5.91 Å². The van der Waals surface area contributed by atoms with Gasteiger partial charge in [-0.1, -0.05) is 36.4 Å². The number of rotatable bonds is 6. The van der Waals surface area contributed by atoms with E-state index in [9.17, 15) is 4.79 Å². The molecule has 154 valence electrons. The molecule has 0 bridgehead atoms. The van der Waals surface area contributed by atoms with Crippen LogP contribution in [-0.4, -0.2) is 44.1 Å². The lowest BCUT2D eigenvalue weighted by Gasteiger charge is -2.34. The van der Waals surface area contributed by atoms with Crippen LogP contribution in [0.15, 0.2) is 48.5 Å². The van der Waals surface area contributed by atoms with Crippen molar-refractivity contribution in [3.63, 3.8) is 0 Å². The fraction of sp³-hybridized carbons (Fsp3) is 0.480. The highest BCUT2D eigenvalue weighted by Gasteiger charge is 2.25. The van der Waals surface area contributed by atoms with Gasteiger partial charge in [0.05, 0.1) is 7.11 Å². The molecule has 2 fully saturated rings. The largest absolute Gasteiger partial charge is 0.496 e. The van der Waals surface area contributed by atoms with Crippen LogP contribution in [0.4, 0.5) is 5.69 Å². The number of methoxy groups -OCH3 is 1. The van der Waals surface area contributed by atoms with Crippen molar-refractivity contribution in [1.82, 2.24) is 4.90 Å². The molecule has 0 spiro atoms. The van der Waals surface area contributed by atoms with Crippen LogP contribution < -0.4 is 9.64 Å². The molecule has 0 radical (unpaired) electrons. The van der Waals surface area contributed by atoms with E-state index in [1.54, 1.807) is 7.11 Å². The molecule has 2 aliphatic heterocycles. The zero-order chi connectivity index (χ0) is 20.1. The molecule has 4 heteroatoms. The first-order valence-electron chi connectivity index (χ1n) is 11.0. The van der Waals surface area contributed by atoms with Gasteiger partial charge in [-0.2, -0.15) is 0 Å². The summed E-state index contributed by atoms with van der Waals surface area (Å²) in [5.41, 5.74) is 3.75. The molecular weight excluding hydrogens is 360 g/mol. The SMILES string of the molecule is COc1ccccc1C1CCCN(CCc2ccccc2N2CCCCC2=O)C1. The van der Waals surface area contributed by atoms with Crippen LogP contribution in [0.2, 0.25) is 0 Å². The zero-order valence-electron chi connectivity index (χ0n) is 17.5. The van der Waals surface area contributed by atoms with E-state index in [1.807, 2.05) is 11.0 Å². The van der Waals surface area contributed by atoms with Crippen LogP contribution >= 0.6 is 0 Å². The molecule has 1 unspecified atom stereocenters. The molecular formula is C25H32N2O2. The van der Waals surface area contributed by atoms with Crippen LogP contribution in [0.25, 0.3) is 0 Å². The highest BCUT2D eigenvalue weighted by atomic mass is 16.5. The number of carbonyl (C=O) groups excluding carboxylic acids is 1. The van der Waals surface area contributed by atoms with Crippen molar-refractivity contribution in [2.75, 3.05) is 38.2 Å². The van der Waals surface area contributed by atoms with E-state index in [0.29, 0.717) is 12.3 Å². The third-order valence-electron chi connectivity index (χ3n) is 6.39. The number of hydrogen-bond acceptors (Lipinski definition) is 3. The number of carbonyl (C=O) groups is 1. The Kier molecular flexibility index (Phi) is 6.50. The summed E-state index contributed by atoms with van der Waals surface area (Å²) in [5, 5.41) is 0. The topological polar surface area (TPSA) is 32.8 Å². The normalized spacial score (nSPS) is 20.7. The van der Waals surface area contributed by atoms with Gasteiger partial charge in [0.1, 0.15) is 5.75 Å². The van der Waals surface area contributed by atoms with E-state index >= 15 is 0 Å². The maximum absolute atomic E-state index is 12.4. The monoisotopic (exact) mass is 392 g/mol. The van der Waals surface area contributed by atoms with Crippen molar-refractivity contribution in [3.8, 4) is 5.75 Å². The fourth-order valence-corrected chi connectivity index (χ4v) is 4.84. The molecule has 2 aliphatic rings. The van der Waals surface area contributed by atoms with Gasteiger partial charge in [0.15, 0.2) is 0 Å². The Labute approximate surface area is 174 Å². The Morgan fingerprint density at radius 1 is 1.00 bits per heavy atom. The van der Waals surface area contributed by atoms with Crippen molar-refractivity contribution in [1.29, 1.82) is 0 Å². The summed E-state index contributed by atoms with van der Waals surface area (Å²) in [6.45, 7) is 4.11. The van der Waals surface area contributed by atoms with Crippen LogP contribution in [0.1, 0.15) is 49.1 Å². The number of benzene rings is 2. The minimum atomic E-state index is 0.276. The van der Waals surface area contributed by atoms with Crippen molar-refractivity contribution in [2.24, 2.45) is 0 Å². The van der Waals surface area contributed by atoms with Crippen molar-refractivity contribution in [2.45, 2.75) is 44.4 Å². The number of para-hydroxylation sites is 2. The van der Waals surface area contributed by atoms with Crippen LogP contribution in [-0.2, 0) is 11.2 Å². The summed E-state index contributed by atoms with van der Waals surface area (Å²) in [6.07, 6.45) is 6.23. The molecule has 0 N–H and O–H groups in total. The number of likely N-dealkylation sites (tertiary alicyclic amines) is 1. The average molecular weight is 393 g/mol. The summed E-state index contributed by atoms with van der Waals surface area (Å²) in [4.78, 5) is 17.0. The van der Waals surface area contributed by atoms with Gasteiger partial charge in [0, 0.05) is 37.7 Å². The van der Waals surface area contributed by atoms with E-state index in [0.717, 1.165) is 56.9 Å². The first-order valence-corrected chi connectivity index (χ1v) is 11.0. The highest BCUT2D eigenvalue weighted by Crippen LogP contribution is 2.33. The Morgan fingerprint density at radius 2 is 1.83 bits per heavy atom. The Hall–Kier alpha value is -2.33. The third-order valence-corrected chi connectivity index (χ3v) is 6.39. The van der Waals surface area contributed by atoms with Crippen LogP contribution in [0.3, 0.4) is 0 Å². The molecule has 1 amide bonds. The predicted octanol–water partition coefficient (Wildman–Crippen LogP) is 4.63. The molecule has 0 saturated carbocycles. The zero-order valence-corrected chi connectivity index (χ0v) is 17.5. The predicted molar refractivity (Wildman–Crippen MR) is 118 cm³/mol. The molecule has 2 heterocycles. The number of piperidine rings is 2. The third kappa shape index (κ3) is 4.64. The molecule has 4 nitrogen and oxygen atoms in total. The minimum absolute atomic E-state index is 0.276. The second-order valence-corrected chi connectivity index (χ2v) is 8.26. The van der Waals surface area contributed by atoms with Gasteiger partial charge >= 0.3 is 0 Å². The van der Waals surface area contributed by atoms with Gasteiger partial charge in [0.2, 0.25) is 5.91 Å². The standard InChI is InChI=1S/C25H32N2O2/c1-29-24-13-5-3-11-22(24)21-10-8-16-26(19-21)18-15-20-9-2-4-12-23(20)27-17-7-6-14-25(27)28/h2-5,9,11-13,21H,6-8,10,14-19H2,1H3. The van der Waals surface area contributed by atoms with Crippen LogP contribution in [0.5, 0.6) is 5.75 Å². The molecule has 29 heavy (non-hydrogen) atoms. The summed E-state index contributed by atoms with van der Waals surface area (Å²) in [7, 11) is 1.76. The van der Waals surface area contributed by atoms with E-state index in [4.69, 9.17) is 4.74 Å². The minimum Gasteiger partial charge on any atom is -0.496 e. The number of anilines is 1. The average Bonchev–Trinajstić information content (AvgIpc) is 2.78. The summed E-state index contributed by atoms with van der Waals surface area (Å²) >= 11 is 0. The number of nitrogens with zero attached hydrogens (tertiary/aromatic N) is 2. The molecule has 1 atom stereocenters. The van der Waals surface area contributed by atoms with Crippen molar-refractivity contribution < 1.29 is 9.53 Å². The quantitative estimate of drug-likeness (QED) is 0.718. The van der Waals surface area contributed by atoms with Gasteiger partial charge in [-0.25, -0.2) is 0 Å². The van der Waals surface area contributed by atoms with Crippen molar-refractivity contribution in [3.05, 3.63) is 59.7 Å². The number of hydrogen-bond donors (Lipinski definition) is 0. The lowest BCUT2D eigenvalue weighted by atomic mass is 9.89. The molecule has 0 aromatic heterocycles. The Bertz CT molecular complexity index is 835. The first-order chi connectivity index (χ1) is 14.3. The Balaban J connectivity index is 1.42. The lowest BCUT2D eigenvalue weighted by Crippen LogP contribution is -2.37. The molecule has 4 rings (SSSR count). The van der Waals surface area contributed by atoms with E-state index in [2.05, 4.69) is 47.4 Å². The second kappa shape index (κ2) is 9.45. The summed E-state index contributed by atoms with van der Waals surface area (Å²) in [6, 6.07) is 16.9. The summed E-state index contributed by atoms with van der Waals surface area (Å²) in [5.74, 6) is 1.81. The van der Waals surface area contributed by atoms with Gasteiger partial charge in [-0.3, -0.25) is 4.79 Å². The van der Waals surface area contributed by atoms with Gasteiger partial charge in [-0.15, -0.1) is 0 Å². The maximum atomic E-state index is 12.4. The van der Waals surface area contributed by atoms with Gasteiger partial charge < -0.3 is 14.5 Å². The number of ether oxygens (including phenoxy) is 1.